The van der Waals surface area contributed by atoms with Gasteiger partial charge in [-0.15, -0.1) is 0 Å². The highest BCUT2D eigenvalue weighted by atomic mass is 16.5. The second kappa shape index (κ2) is 5.98. The van der Waals surface area contributed by atoms with Crippen LogP contribution in [-0.2, 0) is 4.74 Å². The predicted octanol–water partition coefficient (Wildman–Crippen LogP) is 2.56. The molecule has 122 valence electrons. The molecule has 6 heteroatoms. The SMILES string of the molecule is O=C(O)c1ccc2c(c1)ncn2-c1ccc(N2CCOCC2)cc1. The van der Waals surface area contributed by atoms with Crippen molar-refractivity contribution in [2.24, 2.45) is 0 Å². The second-order valence-electron chi connectivity index (χ2n) is 5.74. The molecule has 2 heterocycles. The summed E-state index contributed by atoms with van der Waals surface area (Å²) in [4.78, 5) is 17.7. The van der Waals surface area contributed by atoms with Crippen LogP contribution in [0.25, 0.3) is 16.7 Å². The number of hydrogen-bond acceptors (Lipinski definition) is 4. The van der Waals surface area contributed by atoms with Gasteiger partial charge in [0, 0.05) is 24.5 Å². The van der Waals surface area contributed by atoms with Crippen molar-refractivity contribution in [1.29, 1.82) is 0 Å². The largest absolute Gasteiger partial charge is 0.478 e. The van der Waals surface area contributed by atoms with E-state index in [1.54, 1.807) is 24.5 Å². The first-order valence-corrected chi connectivity index (χ1v) is 7.86. The lowest BCUT2D eigenvalue weighted by molar-refractivity contribution is 0.0697. The average Bonchev–Trinajstić information content (AvgIpc) is 3.06. The maximum atomic E-state index is 11.1. The van der Waals surface area contributed by atoms with E-state index in [0.29, 0.717) is 5.52 Å². The summed E-state index contributed by atoms with van der Waals surface area (Å²) in [7, 11) is 0. The van der Waals surface area contributed by atoms with Gasteiger partial charge in [-0.1, -0.05) is 0 Å². The van der Waals surface area contributed by atoms with Crippen LogP contribution >= 0.6 is 0 Å². The Balaban J connectivity index is 1.66. The number of carboxylic acid groups (broad SMARTS) is 1. The quantitative estimate of drug-likeness (QED) is 0.802. The van der Waals surface area contributed by atoms with Crippen molar-refractivity contribution >= 4 is 22.7 Å². The molecule has 1 N–H and O–H groups in total. The zero-order valence-electron chi connectivity index (χ0n) is 13.1. The van der Waals surface area contributed by atoms with Crippen molar-refractivity contribution in [3.63, 3.8) is 0 Å². The molecule has 0 spiro atoms. The first-order valence-electron chi connectivity index (χ1n) is 7.86. The zero-order chi connectivity index (χ0) is 16.5. The van der Waals surface area contributed by atoms with Gasteiger partial charge in [-0.2, -0.15) is 0 Å². The molecule has 1 saturated heterocycles. The summed E-state index contributed by atoms with van der Waals surface area (Å²) in [6.07, 6.45) is 1.72. The van der Waals surface area contributed by atoms with Crippen molar-refractivity contribution in [2.75, 3.05) is 31.2 Å². The minimum absolute atomic E-state index is 0.246. The number of aromatic carboxylic acids is 1. The van der Waals surface area contributed by atoms with Gasteiger partial charge >= 0.3 is 5.97 Å². The molecule has 0 atom stereocenters. The summed E-state index contributed by atoms with van der Waals surface area (Å²) in [5.41, 5.74) is 3.99. The fourth-order valence-electron chi connectivity index (χ4n) is 3.00. The van der Waals surface area contributed by atoms with Gasteiger partial charge in [-0.05, 0) is 42.5 Å². The Morgan fingerprint density at radius 3 is 2.46 bits per heavy atom. The summed E-state index contributed by atoms with van der Waals surface area (Å²) in [6, 6.07) is 13.3. The number of benzene rings is 2. The lowest BCUT2D eigenvalue weighted by Gasteiger charge is -2.28. The summed E-state index contributed by atoms with van der Waals surface area (Å²) in [5, 5.41) is 9.07. The van der Waals surface area contributed by atoms with Crippen LogP contribution in [-0.4, -0.2) is 46.9 Å². The van der Waals surface area contributed by atoms with Crippen LogP contribution in [0, 0.1) is 0 Å². The van der Waals surface area contributed by atoms with Crippen LogP contribution < -0.4 is 4.90 Å². The van der Waals surface area contributed by atoms with Crippen LogP contribution in [0.1, 0.15) is 10.4 Å². The number of hydrogen-bond donors (Lipinski definition) is 1. The molecule has 2 aromatic carbocycles. The van der Waals surface area contributed by atoms with E-state index < -0.39 is 5.97 Å². The number of anilines is 1. The van der Waals surface area contributed by atoms with E-state index in [1.807, 2.05) is 4.57 Å². The Kier molecular flexibility index (Phi) is 3.66. The fraction of sp³-hybridized carbons (Fsp3) is 0.222. The zero-order valence-corrected chi connectivity index (χ0v) is 13.1. The third-order valence-corrected chi connectivity index (χ3v) is 4.30. The van der Waals surface area contributed by atoms with E-state index in [2.05, 4.69) is 34.1 Å². The highest BCUT2D eigenvalue weighted by Gasteiger charge is 2.12. The van der Waals surface area contributed by atoms with Gasteiger partial charge in [0.2, 0.25) is 0 Å². The maximum absolute atomic E-state index is 11.1. The highest BCUT2D eigenvalue weighted by Crippen LogP contribution is 2.22. The number of imidazole rings is 1. The van der Waals surface area contributed by atoms with Gasteiger partial charge in [-0.25, -0.2) is 9.78 Å². The number of ether oxygens (including phenoxy) is 1. The number of fused-ring (bicyclic) bond motifs is 1. The summed E-state index contributed by atoms with van der Waals surface area (Å²) in [5.74, 6) is -0.943. The lowest BCUT2D eigenvalue weighted by atomic mass is 10.2. The minimum Gasteiger partial charge on any atom is -0.478 e. The van der Waals surface area contributed by atoms with Gasteiger partial charge in [0.1, 0.15) is 6.33 Å². The standard InChI is InChI=1S/C18H17N3O3/c22-18(23)13-1-6-17-16(11-13)19-12-21(17)15-4-2-14(3-5-15)20-7-9-24-10-8-20/h1-6,11-12H,7-10H2,(H,22,23). The molecule has 0 aliphatic carbocycles. The van der Waals surface area contributed by atoms with Crippen molar-refractivity contribution in [3.05, 3.63) is 54.4 Å². The van der Waals surface area contributed by atoms with E-state index in [1.165, 1.54) is 5.69 Å². The number of rotatable bonds is 3. The molecule has 0 amide bonds. The predicted molar refractivity (Wildman–Crippen MR) is 91.1 cm³/mol. The molecule has 3 aromatic rings. The number of carbonyl (C=O) groups is 1. The van der Waals surface area contributed by atoms with Gasteiger partial charge in [0.15, 0.2) is 0 Å². The highest BCUT2D eigenvalue weighted by molar-refractivity contribution is 5.92. The second-order valence-corrected chi connectivity index (χ2v) is 5.74. The van der Waals surface area contributed by atoms with Crippen molar-refractivity contribution in [1.82, 2.24) is 9.55 Å². The Labute approximate surface area is 138 Å². The molecule has 1 aliphatic rings. The van der Waals surface area contributed by atoms with Gasteiger partial charge < -0.3 is 14.7 Å². The number of aromatic nitrogens is 2. The molecular formula is C18H17N3O3. The summed E-state index contributed by atoms with van der Waals surface area (Å²) < 4.78 is 7.34. The van der Waals surface area contributed by atoms with Crippen LogP contribution in [0.2, 0.25) is 0 Å². The molecule has 0 saturated carbocycles. The summed E-state index contributed by atoms with van der Waals surface area (Å²) >= 11 is 0. The smallest absolute Gasteiger partial charge is 0.335 e. The molecule has 1 aliphatic heterocycles. The molecule has 6 nitrogen and oxygen atoms in total. The van der Waals surface area contributed by atoms with Crippen LogP contribution in [0.3, 0.4) is 0 Å². The van der Waals surface area contributed by atoms with E-state index in [-0.39, 0.29) is 5.56 Å². The molecule has 0 bridgehead atoms. The average molecular weight is 323 g/mol. The third kappa shape index (κ3) is 2.61. The van der Waals surface area contributed by atoms with Crippen molar-refractivity contribution < 1.29 is 14.6 Å². The first kappa shape index (κ1) is 14.7. The topological polar surface area (TPSA) is 67.6 Å². The van der Waals surface area contributed by atoms with Gasteiger partial charge in [0.25, 0.3) is 0 Å². The molecule has 0 unspecified atom stereocenters. The fourth-order valence-corrected chi connectivity index (χ4v) is 3.00. The van der Waals surface area contributed by atoms with Crippen LogP contribution in [0.5, 0.6) is 0 Å². The lowest BCUT2D eigenvalue weighted by Crippen LogP contribution is -2.36. The normalized spacial score (nSPS) is 14.9. The Bertz CT molecular complexity index is 880. The molecule has 1 aromatic heterocycles. The van der Waals surface area contributed by atoms with E-state index in [0.717, 1.165) is 37.5 Å². The molecular weight excluding hydrogens is 306 g/mol. The molecule has 24 heavy (non-hydrogen) atoms. The number of morpholine rings is 1. The van der Waals surface area contributed by atoms with Crippen molar-refractivity contribution in [2.45, 2.75) is 0 Å². The minimum atomic E-state index is -0.943. The molecule has 0 radical (unpaired) electrons. The monoisotopic (exact) mass is 323 g/mol. The maximum Gasteiger partial charge on any atom is 0.335 e. The summed E-state index contributed by atoms with van der Waals surface area (Å²) in [6.45, 7) is 3.34. The molecule has 4 rings (SSSR count). The molecule has 1 fully saturated rings. The van der Waals surface area contributed by atoms with E-state index in [9.17, 15) is 4.79 Å². The Morgan fingerprint density at radius 2 is 1.75 bits per heavy atom. The Morgan fingerprint density at radius 1 is 1.04 bits per heavy atom. The van der Waals surface area contributed by atoms with Gasteiger partial charge in [0.05, 0.1) is 29.8 Å². The van der Waals surface area contributed by atoms with Gasteiger partial charge in [-0.3, -0.25) is 4.57 Å². The first-order chi connectivity index (χ1) is 11.7. The number of carboxylic acids is 1. The number of nitrogens with zero attached hydrogens (tertiary/aromatic N) is 3. The van der Waals surface area contributed by atoms with E-state index in [4.69, 9.17) is 9.84 Å². The Hall–Kier alpha value is -2.86. The van der Waals surface area contributed by atoms with Crippen molar-refractivity contribution in [3.8, 4) is 5.69 Å². The van der Waals surface area contributed by atoms with Crippen LogP contribution in [0.4, 0.5) is 5.69 Å². The third-order valence-electron chi connectivity index (χ3n) is 4.30. The van der Waals surface area contributed by atoms with Crippen LogP contribution in [0.15, 0.2) is 48.8 Å². The van der Waals surface area contributed by atoms with E-state index >= 15 is 0 Å².